The van der Waals surface area contributed by atoms with Crippen molar-refractivity contribution >= 4 is 0 Å². The van der Waals surface area contributed by atoms with Crippen molar-refractivity contribution in [2.24, 2.45) is 5.41 Å². The Kier molecular flexibility index (Phi) is 23.8. The molecule has 0 aromatic rings. The zero-order chi connectivity index (χ0) is 21.2. The third-order valence-corrected chi connectivity index (χ3v) is 7.06. The molecule has 0 radical (unpaired) electrons. The monoisotopic (exact) mass is 447 g/mol. The van der Waals surface area contributed by atoms with Crippen LogP contribution in [-0.2, 0) is 24.7 Å². The molecule has 3 nitrogen and oxygen atoms in total. The normalized spacial score (nSPS) is 14.7. The molecule has 0 bridgehead atoms. The van der Waals surface area contributed by atoms with Gasteiger partial charge in [-0.3, -0.25) is 0 Å². The summed E-state index contributed by atoms with van der Waals surface area (Å²) in [6, 6.07) is 0. The van der Waals surface area contributed by atoms with Gasteiger partial charge in [-0.15, -0.1) is 0 Å². The molecular formula is C22H45O3Zr. The van der Waals surface area contributed by atoms with E-state index in [1.165, 1.54) is 11.1 Å². The Morgan fingerprint density at radius 2 is 1.00 bits per heavy atom. The molecule has 0 unspecified atom stereocenters. The molecule has 0 fully saturated rings. The van der Waals surface area contributed by atoms with Gasteiger partial charge in [0.15, 0.2) is 0 Å². The van der Waals surface area contributed by atoms with Crippen LogP contribution in [0.5, 0.6) is 0 Å². The van der Waals surface area contributed by atoms with Gasteiger partial charge in [-0.2, -0.15) is 0 Å². The van der Waals surface area contributed by atoms with Crippen LogP contribution >= 0.6 is 0 Å². The molecular weight excluding hydrogens is 403 g/mol. The van der Waals surface area contributed by atoms with Crippen LogP contribution in [-0.4, -0.2) is 35.1 Å². The van der Waals surface area contributed by atoms with Gasteiger partial charge in [0, 0.05) is 19.8 Å². The van der Waals surface area contributed by atoms with E-state index in [9.17, 15) is 0 Å². The van der Waals surface area contributed by atoms with Crippen LogP contribution in [0.2, 0.25) is 0 Å². The van der Waals surface area contributed by atoms with E-state index in [-0.39, 0.29) is 0 Å². The Morgan fingerprint density at radius 1 is 0.692 bits per heavy atom. The van der Waals surface area contributed by atoms with Crippen molar-refractivity contribution in [1.82, 2.24) is 0 Å². The molecule has 0 spiro atoms. The fourth-order valence-corrected chi connectivity index (χ4v) is 2.99. The van der Waals surface area contributed by atoms with Crippen molar-refractivity contribution in [3.8, 4) is 0 Å². The SMILES string of the molecule is CC1=C(C)C(C)(C)[C]([Zr])=C1C.CCCCO.CCCCO.CCCCO. The number of hydrogen-bond acceptors (Lipinski definition) is 3. The van der Waals surface area contributed by atoms with Crippen LogP contribution in [0.25, 0.3) is 0 Å². The van der Waals surface area contributed by atoms with Crippen LogP contribution in [0.15, 0.2) is 20.0 Å². The van der Waals surface area contributed by atoms with Gasteiger partial charge in [0.25, 0.3) is 0 Å². The van der Waals surface area contributed by atoms with E-state index in [1.54, 1.807) is 33.6 Å². The van der Waals surface area contributed by atoms with Gasteiger partial charge >= 0.3 is 84.8 Å². The Labute approximate surface area is 178 Å². The van der Waals surface area contributed by atoms with Crippen molar-refractivity contribution < 1.29 is 40.0 Å². The second-order valence-electron chi connectivity index (χ2n) is 7.11. The fraction of sp³-hybridized carbons (Fsp3) is 0.818. The number of aliphatic hydroxyl groups excluding tert-OH is 3. The summed E-state index contributed by atoms with van der Waals surface area (Å²) in [5.74, 6) is 0. The molecule has 0 aliphatic heterocycles. The Hall–Kier alpha value is 0.243. The summed E-state index contributed by atoms with van der Waals surface area (Å²) in [4.78, 5) is 0. The van der Waals surface area contributed by atoms with Crippen LogP contribution in [0.4, 0.5) is 0 Å². The van der Waals surface area contributed by atoms with Crippen LogP contribution in [0.3, 0.4) is 0 Å². The minimum atomic E-state index is 0.344. The minimum absolute atomic E-state index is 0.344. The van der Waals surface area contributed by atoms with Gasteiger partial charge < -0.3 is 15.3 Å². The molecule has 4 heteroatoms. The summed E-state index contributed by atoms with van der Waals surface area (Å²) in [6.45, 7) is 18.6. The van der Waals surface area contributed by atoms with Crippen molar-refractivity contribution in [1.29, 1.82) is 0 Å². The van der Waals surface area contributed by atoms with E-state index in [2.05, 4.69) is 55.4 Å². The molecule has 0 amide bonds. The van der Waals surface area contributed by atoms with Gasteiger partial charge in [0.05, 0.1) is 0 Å². The van der Waals surface area contributed by atoms with E-state index < -0.39 is 0 Å². The molecule has 0 heterocycles. The summed E-state index contributed by atoms with van der Waals surface area (Å²) >= 11 is 1.57. The second-order valence-corrected chi connectivity index (χ2v) is 8.34. The first-order valence-electron chi connectivity index (χ1n) is 10.1. The molecule has 0 saturated carbocycles. The predicted molar refractivity (Wildman–Crippen MR) is 111 cm³/mol. The smallest absolute Gasteiger partial charge is 0.0430 e. The first kappa shape index (κ1) is 31.0. The molecule has 26 heavy (non-hydrogen) atoms. The van der Waals surface area contributed by atoms with Crippen molar-refractivity contribution in [2.75, 3.05) is 19.8 Å². The van der Waals surface area contributed by atoms with Gasteiger partial charge in [0.1, 0.15) is 0 Å². The van der Waals surface area contributed by atoms with Crippen molar-refractivity contribution in [3.63, 3.8) is 0 Å². The predicted octanol–water partition coefficient (Wildman–Crippen LogP) is 5.52. The quantitative estimate of drug-likeness (QED) is 0.501. The summed E-state index contributed by atoms with van der Waals surface area (Å²) < 4.78 is 1.62. The largest absolute Gasteiger partial charge is 0.396 e. The van der Waals surface area contributed by atoms with Crippen LogP contribution < -0.4 is 0 Å². The molecule has 0 aromatic heterocycles. The van der Waals surface area contributed by atoms with E-state index >= 15 is 0 Å². The zero-order valence-electron chi connectivity index (χ0n) is 18.7. The molecule has 155 valence electrons. The number of aliphatic hydroxyl groups is 3. The summed E-state index contributed by atoms with van der Waals surface area (Å²) in [5, 5.41) is 24.2. The van der Waals surface area contributed by atoms with Crippen LogP contribution in [0, 0.1) is 5.41 Å². The average molecular weight is 449 g/mol. The zero-order valence-corrected chi connectivity index (χ0v) is 21.2. The summed E-state index contributed by atoms with van der Waals surface area (Å²) in [5.41, 5.74) is 4.96. The molecule has 0 aromatic carbocycles. The second kappa shape index (κ2) is 20.0. The van der Waals surface area contributed by atoms with E-state index in [0.29, 0.717) is 25.2 Å². The fourth-order valence-electron chi connectivity index (χ4n) is 2.07. The Morgan fingerprint density at radius 3 is 1.04 bits per heavy atom. The number of rotatable bonds is 6. The maximum Gasteiger partial charge on any atom is 0.0430 e. The molecule has 0 saturated heterocycles. The molecule has 1 rings (SSSR count). The molecule has 0 atom stereocenters. The third-order valence-electron chi connectivity index (χ3n) is 4.60. The van der Waals surface area contributed by atoms with E-state index in [1.807, 2.05) is 0 Å². The van der Waals surface area contributed by atoms with Crippen molar-refractivity contribution in [2.45, 2.75) is 93.9 Å². The van der Waals surface area contributed by atoms with Gasteiger partial charge in [-0.25, -0.2) is 0 Å². The first-order valence-corrected chi connectivity index (χ1v) is 11.3. The minimum Gasteiger partial charge on any atom is -0.396 e. The standard InChI is InChI=1S/C10H15.3C4H10O.Zr/c1-7-6-10(4,5)9(3)8(7)2;3*1-2-3-4-5;/h1-5H3;3*5H,2-4H2,1H3;. The molecule has 1 aliphatic carbocycles. The van der Waals surface area contributed by atoms with Crippen molar-refractivity contribution in [3.05, 3.63) is 20.0 Å². The summed E-state index contributed by atoms with van der Waals surface area (Å²) in [7, 11) is 0. The number of allylic oxidation sites excluding steroid dienone is 4. The van der Waals surface area contributed by atoms with Gasteiger partial charge in [-0.1, -0.05) is 40.0 Å². The maximum absolute atomic E-state index is 8.07. The molecule has 3 N–H and O–H groups in total. The van der Waals surface area contributed by atoms with Gasteiger partial charge in [-0.05, 0) is 19.3 Å². The van der Waals surface area contributed by atoms with Gasteiger partial charge in [0.2, 0.25) is 0 Å². The average Bonchev–Trinajstić information content (AvgIpc) is 2.74. The maximum atomic E-state index is 8.07. The number of unbranched alkanes of at least 4 members (excludes halogenated alkanes) is 3. The number of hydrogen-bond donors (Lipinski definition) is 3. The third kappa shape index (κ3) is 14.3. The molecule has 1 aliphatic rings. The topological polar surface area (TPSA) is 60.7 Å². The van der Waals surface area contributed by atoms with E-state index in [4.69, 9.17) is 15.3 Å². The van der Waals surface area contributed by atoms with E-state index in [0.717, 1.165) is 38.5 Å². The first-order chi connectivity index (χ1) is 12.1. The Balaban J connectivity index is -0.000000300. The van der Waals surface area contributed by atoms with Crippen LogP contribution in [0.1, 0.15) is 93.9 Å². The Bertz CT molecular complexity index is 339. The summed E-state index contributed by atoms with van der Waals surface area (Å²) in [6.07, 6.45) is 6.11.